The highest BCUT2D eigenvalue weighted by Gasteiger charge is 2.26. The highest BCUT2D eigenvalue weighted by Crippen LogP contribution is 2.23. The van der Waals surface area contributed by atoms with E-state index in [1.807, 2.05) is 37.8 Å². The highest BCUT2D eigenvalue weighted by molar-refractivity contribution is 7.99. The van der Waals surface area contributed by atoms with Gasteiger partial charge in [-0.15, -0.1) is 5.10 Å². The molecule has 0 saturated carbocycles. The molecular weight excluding hydrogens is 338 g/mol. The lowest BCUT2D eigenvalue weighted by atomic mass is 10.1. The molecule has 1 fully saturated rings. The Balaban J connectivity index is 1.70. The summed E-state index contributed by atoms with van der Waals surface area (Å²) in [5.74, 6) is 0.396. The zero-order chi connectivity index (χ0) is 18.0. The van der Waals surface area contributed by atoms with Crippen molar-refractivity contribution in [2.24, 2.45) is 0 Å². The smallest absolute Gasteiger partial charge is 0.233 e. The number of morpholine rings is 1. The molecule has 1 amide bonds. The summed E-state index contributed by atoms with van der Waals surface area (Å²) >= 11 is 1.36. The molecule has 0 N–H and O–H groups in total. The number of carbonyl (C=O) groups is 1. The van der Waals surface area contributed by atoms with Crippen LogP contribution in [0.3, 0.4) is 0 Å². The van der Waals surface area contributed by atoms with Crippen molar-refractivity contribution in [3.63, 3.8) is 0 Å². The number of amides is 1. The second kappa shape index (κ2) is 7.53. The fourth-order valence-corrected chi connectivity index (χ4v) is 3.77. The number of rotatable bonds is 4. The molecule has 0 aliphatic carbocycles. The Morgan fingerprint density at radius 3 is 2.72 bits per heavy atom. The van der Waals surface area contributed by atoms with E-state index in [0.717, 1.165) is 11.3 Å². The van der Waals surface area contributed by atoms with E-state index in [1.54, 1.807) is 4.68 Å². The quantitative estimate of drug-likeness (QED) is 0.776. The first-order valence-corrected chi connectivity index (χ1v) is 9.35. The second-order valence-corrected chi connectivity index (χ2v) is 7.38. The van der Waals surface area contributed by atoms with E-state index < -0.39 is 0 Å². The highest BCUT2D eigenvalue weighted by atomic mass is 32.2. The lowest BCUT2D eigenvalue weighted by Crippen LogP contribution is -2.48. The van der Waals surface area contributed by atoms with Gasteiger partial charge >= 0.3 is 0 Å². The van der Waals surface area contributed by atoms with E-state index in [4.69, 9.17) is 4.74 Å². The van der Waals surface area contributed by atoms with Gasteiger partial charge in [0.1, 0.15) is 0 Å². The lowest BCUT2D eigenvalue weighted by molar-refractivity contribution is -0.140. The summed E-state index contributed by atoms with van der Waals surface area (Å²) in [4.78, 5) is 14.4. The van der Waals surface area contributed by atoms with Crippen molar-refractivity contribution in [3.8, 4) is 5.69 Å². The van der Waals surface area contributed by atoms with Crippen LogP contribution in [0.5, 0.6) is 0 Å². The molecule has 134 valence electrons. The van der Waals surface area contributed by atoms with Crippen LogP contribution in [0.4, 0.5) is 0 Å². The van der Waals surface area contributed by atoms with Crippen molar-refractivity contribution in [1.29, 1.82) is 0 Å². The number of tetrazole rings is 1. The minimum absolute atomic E-state index is 0.0676. The van der Waals surface area contributed by atoms with Gasteiger partial charge in [0.25, 0.3) is 0 Å². The maximum Gasteiger partial charge on any atom is 0.233 e. The summed E-state index contributed by atoms with van der Waals surface area (Å²) in [6.07, 6.45) is 0.135. The maximum atomic E-state index is 12.5. The summed E-state index contributed by atoms with van der Waals surface area (Å²) in [5.41, 5.74) is 3.24. The van der Waals surface area contributed by atoms with Gasteiger partial charge in [0.15, 0.2) is 0 Å². The largest absolute Gasteiger partial charge is 0.372 e. The average molecular weight is 361 g/mol. The molecular formula is C17H23N5O2S. The van der Waals surface area contributed by atoms with Crippen molar-refractivity contribution in [2.45, 2.75) is 45.1 Å². The Hall–Kier alpha value is -1.93. The number of carbonyl (C=O) groups excluding carboxylic acids is 1. The van der Waals surface area contributed by atoms with Crippen molar-refractivity contribution < 1.29 is 9.53 Å². The fraction of sp³-hybridized carbons (Fsp3) is 0.529. The molecule has 2 aromatic rings. The summed E-state index contributed by atoms with van der Waals surface area (Å²) < 4.78 is 7.38. The lowest BCUT2D eigenvalue weighted by Gasteiger charge is -2.35. The Labute approximate surface area is 151 Å². The molecule has 0 unspecified atom stereocenters. The molecule has 7 nitrogen and oxygen atoms in total. The number of thioether (sulfide) groups is 1. The predicted octanol–water partition coefficient (Wildman–Crippen LogP) is 2.01. The molecule has 1 aromatic carbocycles. The zero-order valence-electron chi connectivity index (χ0n) is 15.0. The molecule has 0 radical (unpaired) electrons. The third-order valence-corrected chi connectivity index (χ3v) is 5.25. The first kappa shape index (κ1) is 17.9. The van der Waals surface area contributed by atoms with Crippen LogP contribution < -0.4 is 0 Å². The van der Waals surface area contributed by atoms with Crippen LogP contribution in [0.25, 0.3) is 5.69 Å². The van der Waals surface area contributed by atoms with Gasteiger partial charge in [0, 0.05) is 13.1 Å². The molecule has 1 aromatic heterocycles. The van der Waals surface area contributed by atoms with Crippen LogP contribution in [-0.2, 0) is 9.53 Å². The summed E-state index contributed by atoms with van der Waals surface area (Å²) in [6, 6.07) is 6.02. The molecule has 8 heteroatoms. The number of nitrogens with zero attached hydrogens (tertiary/aromatic N) is 5. The van der Waals surface area contributed by atoms with Crippen LogP contribution in [0.1, 0.15) is 25.0 Å². The maximum absolute atomic E-state index is 12.5. The summed E-state index contributed by atoms with van der Waals surface area (Å²) in [6.45, 7) is 9.34. The van der Waals surface area contributed by atoms with E-state index in [-0.39, 0.29) is 18.1 Å². The Bertz CT molecular complexity index is 753. The predicted molar refractivity (Wildman–Crippen MR) is 95.9 cm³/mol. The van der Waals surface area contributed by atoms with E-state index in [9.17, 15) is 4.79 Å². The Morgan fingerprint density at radius 1 is 1.28 bits per heavy atom. The number of ether oxygens (including phenoxy) is 1. The average Bonchev–Trinajstić information content (AvgIpc) is 3.02. The standard InChI is InChI=1S/C17H23N5O2S/c1-11-6-5-7-15(14(11)4)22-17(18-19-20-22)25-10-16(23)21-8-12(2)24-13(3)9-21/h5-7,12-13H,8-10H2,1-4H3/t12-,13-/m1/s1. The number of hydrogen-bond donors (Lipinski definition) is 0. The first-order chi connectivity index (χ1) is 12.0. The molecule has 0 spiro atoms. The SMILES string of the molecule is Cc1cccc(-n2nnnc2SCC(=O)N2C[C@@H](C)O[C@H](C)C2)c1C. The van der Waals surface area contributed by atoms with Crippen LogP contribution in [-0.4, -0.2) is 62.1 Å². The van der Waals surface area contributed by atoms with Gasteiger partial charge in [0.05, 0.1) is 23.6 Å². The van der Waals surface area contributed by atoms with Crippen LogP contribution in [0.15, 0.2) is 23.4 Å². The molecule has 0 bridgehead atoms. The van der Waals surface area contributed by atoms with Gasteiger partial charge in [-0.2, -0.15) is 4.68 Å². The van der Waals surface area contributed by atoms with Gasteiger partial charge in [-0.05, 0) is 55.3 Å². The van der Waals surface area contributed by atoms with E-state index in [1.165, 1.54) is 17.3 Å². The van der Waals surface area contributed by atoms with Gasteiger partial charge < -0.3 is 9.64 Å². The number of benzene rings is 1. The zero-order valence-corrected chi connectivity index (χ0v) is 15.8. The number of aryl methyl sites for hydroxylation is 1. The van der Waals surface area contributed by atoms with Crippen molar-refractivity contribution in [3.05, 3.63) is 29.3 Å². The van der Waals surface area contributed by atoms with E-state index >= 15 is 0 Å². The molecule has 3 rings (SSSR count). The topological polar surface area (TPSA) is 73.1 Å². The third kappa shape index (κ3) is 4.01. The first-order valence-electron chi connectivity index (χ1n) is 8.36. The van der Waals surface area contributed by atoms with Gasteiger partial charge in [-0.25, -0.2) is 0 Å². The molecule has 2 heterocycles. The van der Waals surface area contributed by atoms with Gasteiger partial charge in [0.2, 0.25) is 11.1 Å². The van der Waals surface area contributed by atoms with Crippen LogP contribution in [0.2, 0.25) is 0 Å². The van der Waals surface area contributed by atoms with Crippen molar-refractivity contribution >= 4 is 17.7 Å². The van der Waals surface area contributed by atoms with E-state index in [2.05, 4.69) is 28.5 Å². The number of hydrogen-bond acceptors (Lipinski definition) is 6. The van der Waals surface area contributed by atoms with Crippen LogP contribution >= 0.6 is 11.8 Å². The second-order valence-electron chi connectivity index (χ2n) is 6.44. The Morgan fingerprint density at radius 2 is 2.00 bits per heavy atom. The molecule has 25 heavy (non-hydrogen) atoms. The number of aromatic nitrogens is 4. The van der Waals surface area contributed by atoms with Gasteiger partial charge in [-0.1, -0.05) is 23.9 Å². The normalized spacial score (nSPS) is 20.7. The molecule has 1 saturated heterocycles. The molecule has 2 atom stereocenters. The summed E-state index contributed by atoms with van der Waals surface area (Å²) in [5, 5.41) is 12.6. The summed E-state index contributed by atoms with van der Waals surface area (Å²) in [7, 11) is 0. The van der Waals surface area contributed by atoms with E-state index in [0.29, 0.717) is 24.0 Å². The monoisotopic (exact) mass is 361 g/mol. The minimum Gasteiger partial charge on any atom is -0.372 e. The fourth-order valence-electron chi connectivity index (χ4n) is 2.98. The molecule has 1 aliphatic rings. The van der Waals surface area contributed by atoms with Crippen molar-refractivity contribution in [2.75, 3.05) is 18.8 Å². The molecule has 1 aliphatic heterocycles. The van der Waals surface area contributed by atoms with Crippen molar-refractivity contribution in [1.82, 2.24) is 25.1 Å². The van der Waals surface area contributed by atoms with Gasteiger partial charge in [-0.3, -0.25) is 4.79 Å². The van der Waals surface area contributed by atoms with Crippen LogP contribution in [0, 0.1) is 13.8 Å². The Kier molecular flexibility index (Phi) is 5.39. The minimum atomic E-state index is 0.0676. The third-order valence-electron chi connectivity index (χ3n) is 4.34.